The lowest BCUT2D eigenvalue weighted by Crippen LogP contribution is -2.44. The maximum atomic E-state index is 12.1. The fourth-order valence-corrected chi connectivity index (χ4v) is 2.21. The summed E-state index contributed by atoms with van der Waals surface area (Å²) in [4.78, 5) is 14.0. The molecule has 1 aromatic rings. The number of aromatic nitrogens is 1. The zero-order valence-electron chi connectivity index (χ0n) is 13.0. The van der Waals surface area contributed by atoms with Crippen LogP contribution in [0, 0.1) is 18.3 Å². The summed E-state index contributed by atoms with van der Waals surface area (Å²) in [6.45, 7) is 9.87. The minimum Gasteiger partial charge on any atom is -0.342 e. The van der Waals surface area contributed by atoms with Crippen molar-refractivity contribution in [3.8, 4) is 6.07 Å². The van der Waals surface area contributed by atoms with Gasteiger partial charge in [-0.1, -0.05) is 0 Å². The Labute approximate surface area is 121 Å². The largest absolute Gasteiger partial charge is 0.342 e. The zero-order chi connectivity index (χ0) is 15.3. The maximum Gasteiger partial charge on any atom is 0.239 e. The van der Waals surface area contributed by atoms with Crippen molar-refractivity contribution in [1.82, 2.24) is 14.8 Å². The molecule has 0 saturated carbocycles. The normalized spacial score (nSPS) is 12.0. The molecule has 1 unspecified atom stereocenters. The number of carbonyl (C=O) groups is 1. The molecule has 0 aliphatic carbocycles. The molecule has 0 bridgehead atoms. The van der Waals surface area contributed by atoms with E-state index in [1.165, 1.54) is 0 Å². The van der Waals surface area contributed by atoms with E-state index >= 15 is 0 Å². The second-order valence-corrected chi connectivity index (χ2v) is 4.92. The van der Waals surface area contributed by atoms with Crippen LogP contribution in [0.2, 0.25) is 0 Å². The summed E-state index contributed by atoms with van der Waals surface area (Å²) in [6, 6.07) is 3.81. The Hall–Kier alpha value is -1.80. The summed E-state index contributed by atoms with van der Waals surface area (Å²) in [6.07, 6.45) is 0. The summed E-state index contributed by atoms with van der Waals surface area (Å²) in [5.74, 6) is 0.115. The first-order chi connectivity index (χ1) is 9.46. The summed E-state index contributed by atoms with van der Waals surface area (Å²) in [5.41, 5.74) is 2.75. The van der Waals surface area contributed by atoms with E-state index in [4.69, 9.17) is 5.26 Å². The van der Waals surface area contributed by atoms with Crippen molar-refractivity contribution >= 4 is 5.91 Å². The summed E-state index contributed by atoms with van der Waals surface area (Å²) < 4.78 is 1.87. The molecule has 1 heterocycles. The van der Waals surface area contributed by atoms with Gasteiger partial charge in [0, 0.05) is 32.4 Å². The highest BCUT2D eigenvalue weighted by molar-refractivity contribution is 5.81. The van der Waals surface area contributed by atoms with Crippen LogP contribution in [0.3, 0.4) is 0 Å². The minimum atomic E-state index is -0.222. The van der Waals surface area contributed by atoms with Crippen LogP contribution in [0.15, 0.2) is 6.07 Å². The molecule has 1 rings (SSSR count). The standard InChI is InChI=1S/C15H24N4O/c1-6-19(7-2)15(20)11(3)17-10-13-8-14(9-16)18(5)12(13)4/h8,11,17H,6-7,10H2,1-5H3. The van der Waals surface area contributed by atoms with Gasteiger partial charge in [0.05, 0.1) is 6.04 Å². The quantitative estimate of drug-likeness (QED) is 0.857. The second-order valence-electron chi connectivity index (χ2n) is 4.92. The number of carbonyl (C=O) groups excluding carboxylic acids is 1. The van der Waals surface area contributed by atoms with Crippen molar-refractivity contribution in [2.24, 2.45) is 7.05 Å². The van der Waals surface area contributed by atoms with E-state index in [9.17, 15) is 4.79 Å². The first-order valence-corrected chi connectivity index (χ1v) is 7.03. The predicted octanol–water partition coefficient (Wildman–Crippen LogP) is 1.55. The van der Waals surface area contributed by atoms with Crippen molar-refractivity contribution in [2.45, 2.75) is 40.3 Å². The number of rotatable bonds is 6. The fraction of sp³-hybridized carbons (Fsp3) is 0.600. The van der Waals surface area contributed by atoms with Crippen LogP contribution in [-0.4, -0.2) is 34.5 Å². The number of nitriles is 1. The first kappa shape index (κ1) is 16.3. The molecule has 0 aliphatic heterocycles. The maximum absolute atomic E-state index is 12.1. The molecule has 1 atom stereocenters. The number of nitrogens with one attached hydrogen (secondary N) is 1. The van der Waals surface area contributed by atoms with E-state index in [2.05, 4.69) is 11.4 Å². The van der Waals surface area contributed by atoms with Crippen molar-refractivity contribution < 1.29 is 4.79 Å². The molecule has 5 nitrogen and oxygen atoms in total. The van der Waals surface area contributed by atoms with E-state index in [0.717, 1.165) is 24.3 Å². The molecular weight excluding hydrogens is 252 g/mol. The Morgan fingerprint density at radius 3 is 2.55 bits per heavy atom. The van der Waals surface area contributed by atoms with Gasteiger partial charge in [-0.05, 0) is 39.3 Å². The molecule has 0 spiro atoms. The SMILES string of the molecule is CCN(CC)C(=O)C(C)NCc1cc(C#N)n(C)c1C. The highest BCUT2D eigenvalue weighted by Crippen LogP contribution is 2.13. The van der Waals surface area contributed by atoms with E-state index in [1.807, 2.05) is 50.3 Å². The number of amides is 1. The van der Waals surface area contributed by atoms with Gasteiger partial charge in [-0.15, -0.1) is 0 Å². The van der Waals surface area contributed by atoms with Crippen LogP contribution in [0.25, 0.3) is 0 Å². The van der Waals surface area contributed by atoms with Crippen LogP contribution in [0.5, 0.6) is 0 Å². The van der Waals surface area contributed by atoms with E-state index in [-0.39, 0.29) is 11.9 Å². The van der Waals surface area contributed by atoms with Crippen molar-refractivity contribution in [1.29, 1.82) is 5.26 Å². The molecule has 0 aliphatic rings. The Kier molecular flexibility index (Phi) is 5.78. The topological polar surface area (TPSA) is 61.1 Å². The summed E-state index contributed by atoms with van der Waals surface area (Å²) in [5, 5.41) is 12.2. The van der Waals surface area contributed by atoms with Crippen molar-refractivity contribution in [3.05, 3.63) is 23.0 Å². The van der Waals surface area contributed by atoms with Gasteiger partial charge in [-0.25, -0.2) is 0 Å². The number of hydrogen-bond acceptors (Lipinski definition) is 3. The smallest absolute Gasteiger partial charge is 0.239 e. The lowest BCUT2D eigenvalue weighted by Gasteiger charge is -2.23. The van der Waals surface area contributed by atoms with Crippen molar-refractivity contribution in [3.63, 3.8) is 0 Å². The molecule has 20 heavy (non-hydrogen) atoms. The molecule has 5 heteroatoms. The number of likely N-dealkylation sites (N-methyl/N-ethyl adjacent to an activating group) is 1. The third-order valence-electron chi connectivity index (χ3n) is 3.80. The van der Waals surface area contributed by atoms with Crippen LogP contribution in [0.1, 0.15) is 37.7 Å². The van der Waals surface area contributed by atoms with Gasteiger partial charge in [0.1, 0.15) is 11.8 Å². The predicted molar refractivity (Wildman–Crippen MR) is 79.1 cm³/mol. The van der Waals surface area contributed by atoms with Gasteiger partial charge in [0.2, 0.25) is 5.91 Å². The van der Waals surface area contributed by atoms with Crippen molar-refractivity contribution in [2.75, 3.05) is 13.1 Å². The van der Waals surface area contributed by atoms with Gasteiger partial charge in [0.25, 0.3) is 0 Å². The summed E-state index contributed by atoms with van der Waals surface area (Å²) >= 11 is 0. The average molecular weight is 276 g/mol. The third-order valence-corrected chi connectivity index (χ3v) is 3.80. The van der Waals surface area contributed by atoms with Gasteiger partial charge in [-0.2, -0.15) is 5.26 Å². The van der Waals surface area contributed by atoms with Gasteiger partial charge >= 0.3 is 0 Å². The molecule has 1 amide bonds. The molecule has 0 radical (unpaired) electrons. The van der Waals surface area contributed by atoms with Crippen LogP contribution < -0.4 is 5.32 Å². The second kappa shape index (κ2) is 7.11. The van der Waals surface area contributed by atoms with Gasteiger partial charge < -0.3 is 14.8 Å². The average Bonchev–Trinajstić information content (AvgIpc) is 2.73. The fourth-order valence-electron chi connectivity index (χ4n) is 2.21. The summed E-state index contributed by atoms with van der Waals surface area (Å²) in [7, 11) is 1.88. The molecule has 0 saturated heterocycles. The third kappa shape index (κ3) is 3.40. The van der Waals surface area contributed by atoms with Gasteiger partial charge in [-0.3, -0.25) is 4.79 Å². The van der Waals surface area contributed by atoms with E-state index in [1.54, 1.807) is 0 Å². The number of nitrogens with zero attached hydrogens (tertiary/aromatic N) is 3. The zero-order valence-corrected chi connectivity index (χ0v) is 13.0. The minimum absolute atomic E-state index is 0.115. The Morgan fingerprint density at radius 1 is 1.50 bits per heavy atom. The van der Waals surface area contributed by atoms with Gasteiger partial charge in [0.15, 0.2) is 0 Å². The molecule has 1 N–H and O–H groups in total. The lowest BCUT2D eigenvalue weighted by molar-refractivity contribution is -0.132. The molecular formula is C15H24N4O. The van der Waals surface area contributed by atoms with Crippen LogP contribution in [-0.2, 0) is 18.4 Å². The monoisotopic (exact) mass is 276 g/mol. The lowest BCUT2D eigenvalue weighted by atomic mass is 10.2. The Morgan fingerprint density at radius 2 is 2.10 bits per heavy atom. The molecule has 110 valence electrons. The molecule has 0 fully saturated rings. The Bertz CT molecular complexity index is 509. The molecule has 0 aromatic carbocycles. The van der Waals surface area contributed by atoms with E-state index in [0.29, 0.717) is 12.2 Å². The number of hydrogen-bond donors (Lipinski definition) is 1. The Balaban J connectivity index is 2.68. The molecule has 1 aromatic heterocycles. The van der Waals surface area contributed by atoms with E-state index < -0.39 is 0 Å². The van der Waals surface area contributed by atoms with Crippen LogP contribution >= 0.6 is 0 Å². The highest BCUT2D eigenvalue weighted by atomic mass is 16.2. The van der Waals surface area contributed by atoms with Crippen LogP contribution in [0.4, 0.5) is 0 Å². The first-order valence-electron chi connectivity index (χ1n) is 7.03. The highest BCUT2D eigenvalue weighted by Gasteiger charge is 2.18.